The average molecular weight is 256 g/mol. The molecule has 0 unspecified atom stereocenters. The number of hydrogen-bond donors (Lipinski definition) is 1. The van der Waals surface area contributed by atoms with Crippen LogP contribution < -0.4 is 5.32 Å². The van der Waals surface area contributed by atoms with Gasteiger partial charge in [-0.15, -0.1) is 0 Å². The third-order valence-corrected chi connectivity index (χ3v) is 2.83. The molecule has 1 saturated carbocycles. The van der Waals surface area contributed by atoms with E-state index in [1.165, 1.54) is 12.3 Å². The van der Waals surface area contributed by atoms with E-state index >= 15 is 0 Å². The maximum absolute atomic E-state index is 11.8. The summed E-state index contributed by atoms with van der Waals surface area (Å²) in [5.41, 5.74) is -0.488. The topological polar surface area (TPSA) is 85.1 Å². The first-order valence-electron chi connectivity index (χ1n) is 5.16. The summed E-state index contributed by atoms with van der Waals surface area (Å²) in [6.45, 7) is 0.552. The van der Waals surface area contributed by atoms with E-state index < -0.39 is 16.5 Å². The zero-order chi connectivity index (χ0) is 12.4. The molecule has 1 heterocycles. The van der Waals surface area contributed by atoms with E-state index in [4.69, 9.17) is 11.6 Å². The van der Waals surface area contributed by atoms with Crippen LogP contribution in [0.3, 0.4) is 0 Å². The van der Waals surface area contributed by atoms with Crippen LogP contribution in [0.25, 0.3) is 0 Å². The molecule has 1 fully saturated rings. The number of carbonyl (C=O) groups excluding carboxylic acids is 1. The van der Waals surface area contributed by atoms with E-state index in [0.29, 0.717) is 12.5 Å². The molecule has 0 aromatic carbocycles. The summed E-state index contributed by atoms with van der Waals surface area (Å²) in [6.07, 6.45) is 3.47. The van der Waals surface area contributed by atoms with Gasteiger partial charge >= 0.3 is 5.69 Å². The lowest BCUT2D eigenvalue weighted by molar-refractivity contribution is -0.385. The molecule has 90 valence electrons. The number of pyridine rings is 1. The molecule has 7 heteroatoms. The van der Waals surface area contributed by atoms with Crippen LogP contribution in [0.4, 0.5) is 5.69 Å². The van der Waals surface area contributed by atoms with Gasteiger partial charge in [0.2, 0.25) is 5.15 Å². The number of nitro groups is 1. The monoisotopic (exact) mass is 255 g/mol. The number of nitrogens with one attached hydrogen (secondary N) is 1. The Morgan fingerprint density at radius 3 is 2.94 bits per heavy atom. The van der Waals surface area contributed by atoms with E-state index in [2.05, 4.69) is 10.3 Å². The SMILES string of the molecule is O=C(NCC1CC1)c1ccnc(Cl)c1[N+](=O)[O-]. The predicted molar refractivity (Wildman–Crippen MR) is 61.0 cm³/mol. The second kappa shape index (κ2) is 4.67. The smallest absolute Gasteiger partial charge is 0.319 e. The summed E-state index contributed by atoms with van der Waals surface area (Å²) < 4.78 is 0. The highest BCUT2D eigenvalue weighted by Crippen LogP contribution is 2.29. The third-order valence-electron chi connectivity index (χ3n) is 2.56. The van der Waals surface area contributed by atoms with Crippen molar-refractivity contribution in [2.45, 2.75) is 12.8 Å². The lowest BCUT2D eigenvalue weighted by Crippen LogP contribution is -2.26. The van der Waals surface area contributed by atoms with Crippen molar-refractivity contribution in [2.75, 3.05) is 6.54 Å². The fourth-order valence-electron chi connectivity index (χ4n) is 1.44. The van der Waals surface area contributed by atoms with Crippen LogP contribution in [0.2, 0.25) is 5.15 Å². The summed E-state index contributed by atoms with van der Waals surface area (Å²) in [4.78, 5) is 25.5. The number of aromatic nitrogens is 1. The first-order valence-corrected chi connectivity index (χ1v) is 5.54. The highest BCUT2D eigenvalue weighted by atomic mass is 35.5. The molecule has 0 saturated heterocycles. The first kappa shape index (κ1) is 11.8. The van der Waals surface area contributed by atoms with Gasteiger partial charge < -0.3 is 5.32 Å². The quantitative estimate of drug-likeness (QED) is 0.505. The maximum Gasteiger partial charge on any atom is 0.319 e. The molecule has 1 aliphatic rings. The molecule has 0 aliphatic heterocycles. The van der Waals surface area contributed by atoms with Crippen molar-refractivity contribution in [1.29, 1.82) is 0 Å². The van der Waals surface area contributed by atoms with Crippen LogP contribution in [0.5, 0.6) is 0 Å². The molecule has 0 radical (unpaired) electrons. The Balaban J connectivity index is 2.20. The van der Waals surface area contributed by atoms with Gasteiger partial charge in [0.25, 0.3) is 5.91 Å². The summed E-state index contributed by atoms with van der Waals surface area (Å²) >= 11 is 5.61. The molecule has 1 N–H and O–H groups in total. The Morgan fingerprint density at radius 1 is 1.65 bits per heavy atom. The molecule has 1 aromatic rings. The lowest BCUT2D eigenvalue weighted by Gasteiger charge is -2.05. The Kier molecular flexibility index (Phi) is 3.23. The number of halogens is 1. The molecular weight excluding hydrogens is 246 g/mol. The Morgan fingerprint density at radius 2 is 2.35 bits per heavy atom. The second-order valence-corrected chi connectivity index (χ2v) is 4.27. The van der Waals surface area contributed by atoms with Gasteiger partial charge in [0.15, 0.2) is 0 Å². The van der Waals surface area contributed by atoms with Crippen LogP contribution in [0, 0.1) is 16.0 Å². The van der Waals surface area contributed by atoms with Crippen LogP contribution in [-0.4, -0.2) is 22.4 Å². The van der Waals surface area contributed by atoms with Crippen molar-refractivity contribution in [3.05, 3.63) is 33.1 Å². The van der Waals surface area contributed by atoms with Gasteiger partial charge in [0, 0.05) is 12.7 Å². The highest BCUT2D eigenvalue weighted by Gasteiger charge is 2.27. The second-order valence-electron chi connectivity index (χ2n) is 3.91. The zero-order valence-corrected chi connectivity index (χ0v) is 9.61. The molecule has 1 amide bonds. The van der Waals surface area contributed by atoms with E-state index in [0.717, 1.165) is 12.8 Å². The van der Waals surface area contributed by atoms with Crippen molar-refractivity contribution >= 4 is 23.2 Å². The summed E-state index contributed by atoms with van der Waals surface area (Å²) in [5.74, 6) is 0.0308. The van der Waals surface area contributed by atoms with Crippen LogP contribution in [0.1, 0.15) is 23.2 Å². The van der Waals surface area contributed by atoms with Crippen LogP contribution in [-0.2, 0) is 0 Å². The molecule has 17 heavy (non-hydrogen) atoms. The predicted octanol–water partition coefficient (Wildman–Crippen LogP) is 1.78. The molecule has 6 nitrogen and oxygen atoms in total. The number of carbonyl (C=O) groups is 1. The molecule has 2 rings (SSSR count). The lowest BCUT2D eigenvalue weighted by atomic mass is 10.2. The van der Waals surface area contributed by atoms with Gasteiger partial charge in [-0.05, 0) is 24.8 Å². The summed E-state index contributed by atoms with van der Waals surface area (Å²) in [7, 11) is 0. The van der Waals surface area contributed by atoms with Gasteiger partial charge in [-0.3, -0.25) is 14.9 Å². The van der Waals surface area contributed by atoms with Gasteiger partial charge in [-0.25, -0.2) is 4.98 Å². The fourth-order valence-corrected chi connectivity index (χ4v) is 1.67. The number of nitrogens with zero attached hydrogens (tertiary/aromatic N) is 2. The van der Waals surface area contributed by atoms with Crippen molar-refractivity contribution in [1.82, 2.24) is 10.3 Å². The molecule has 1 aromatic heterocycles. The largest absolute Gasteiger partial charge is 0.352 e. The minimum Gasteiger partial charge on any atom is -0.352 e. The highest BCUT2D eigenvalue weighted by molar-refractivity contribution is 6.32. The molecule has 1 aliphatic carbocycles. The number of hydrogen-bond acceptors (Lipinski definition) is 4. The summed E-state index contributed by atoms with van der Waals surface area (Å²) in [6, 6.07) is 1.30. The van der Waals surface area contributed by atoms with Gasteiger partial charge in [-0.2, -0.15) is 0 Å². The average Bonchev–Trinajstić information content (AvgIpc) is 3.08. The standard InChI is InChI=1S/C10H10ClN3O3/c11-9-8(14(16)17)7(3-4-12-9)10(15)13-5-6-1-2-6/h3-4,6H,1-2,5H2,(H,13,15). The van der Waals surface area contributed by atoms with E-state index in [1.54, 1.807) is 0 Å². The van der Waals surface area contributed by atoms with Crippen LogP contribution >= 0.6 is 11.6 Å². The van der Waals surface area contributed by atoms with Crippen molar-refractivity contribution < 1.29 is 9.72 Å². The molecule has 0 atom stereocenters. The van der Waals surface area contributed by atoms with Crippen LogP contribution in [0.15, 0.2) is 12.3 Å². The van der Waals surface area contributed by atoms with E-state index in [-0.39, 0.29) is 10.7 Å². The molecule has 0 spiro atoms. The molecular formula is C10H10ClN3O3. The number of rotatable bonds is 4. The fraction of sp³-hybridized carbons (Fsp3) is 0.400. The third kappa shape index (κ3) is 2.71. The maximum atomic E-state index is 11.8. The Labute approximate surface area is 102 Å². The van der Waals surface area contributed by atoms with Gasteiger partial charge in [-0.1, -0.05) is 11.6 Å². The van der Waals surface area contributed by atoms with E-state index in [9.17, 15) is 14.9 Å². The van der Waals surface area contributed by atoms with Gasteiger partial charge in [0.05, 0.1) is 4.92 Å². The minimum atomic E-state index is -0.693. The van der Waals surface area contributed by atoms with Crippen molar-refractivity contribution in [3.63, 3.8) is 0 Å². The summed E-state index contributed by atoms with van der Waals surface area (Å²) in [5, 5.41) is 13.2. The van der Waals surface area contributed by atoms with Crippen molar-refractivity contribution in [3.8, 4) is 0 Å². The molecule has 0 bridgehead atoms. The first-order chi connectivity index (χ1) is 8.09. The number of amides is 1. The Hall–Kier alpha value is -1.69. The minimum absolute atomic E-state index is 0.0457. The van der Waals surface area contributed by atoms with Gasteiger partial charge in [0.1, 0.15) is 5.56 Å². The zero-order valence-electron chi connectivity index (χ0n) is 8.85. The normalized spacial score (nSPS) is 14.4. The van der Waals surface area contributed by atoms with Crippen molar-refractivity contribution in [2.24, 2.45) is 5.92 Å². The Bertz CT molecular complexity index is 474. The van der Waals surface area contributed by atoms with E-state index in [1.807, 2.05) is 0 Å².